The lowest BCUT2D eigenvalue weighted by Crippen LogP contribution is -2.33. The molecule has 0 saturated carbocycles. The van der Waals surface area contributed by atoms with E-state index in [2.05, 4.69) is 4.98 Å². The van der Waals surface area contributed by atoms with Gasteiger partial charge < -0.3 is 17.5 Å². The Labute approximate surface area is 78.6 Å². The van der Waals surface area contributed by atoms with Gasteiger partial charge in [-0.05, 0) is 20.3 Å². The van der Waals surface area contributed by atoms with Crippen LogP contribution in [0.1, 0.15) is 11.5 Å². The molecule has 0 aliphatic heterocycles. The SMILES string of the molecule is Cc1cc(=O)n(C[B-](F)(F)F)c(C)n1. The van der Waals surface area contributed by atoms with Crippen LogP contribution in [0.4, 0.5) is 12.9 Å². The minimum absolute atomic E-state index is 0.0919. The van der Waals surface area contributed by atoms with Crippen LogP contribution in [0.2, 0.25) is 0 Å². The first-order valence-electron chi connectivity index (χ1n) is 4.06. The molecule has 3 nitrogen and oxygen atoms in total. The van der Waals surface area contributed by atoms with Crippen molar-refractivity contribution in [1.29, 1.82) is 0 Å². The van der Waals surface area contributed by atoms with Crippen molar-refractivity contribution in [1.82, 2.24) is 9.55 Å². The molecule has 1 rings (SSSR count). The predicted octanol–water partition coefficient (Wildman–Crippen LogP) is 1.25. The molecule has 0 spiro atoms. The maximum absolute atomic E-state index is 12.1. The van der Waals surface area contributed by atoms with E-state index in [1.807, 2.05) is 0 Å². The summed E-state index contributed by atoms with van der Waals surface area (Å²) in [6.07, 6.45) is -1.22. The van der Waals surface area contributed by atoms with Gasteiger partial charge in [0.25, 0.3) is 5.56 Å². The van der Waals surface area contributed by atoms with Crippen LogP contribution < -0.4 is 5.56 Å². The summed E-state index contributed by atoms with van der Waals surface area (Å²) in [5.74, 6) is 0.0919. The monoisotopic (exact) mass is 205 g/mol. The van der Waals surface area contributed by atoms with Crippen LogP contribution in [-0.4, -0.2) is 16.5 Å². The highest BCUT2D eigenvalue weighted by Crippen LogP contribution is 2.10. The van der Waals surface area contributed by atoms with Crippen LogP contribution in [0.25, 0.3) is 0 Å². The van der Waals surface area contributed by atoms with Crippen LogP contribution in [0, 0.1) is 13.8 Å². The van der Waals surface area contributed by atoms with E-state index < -0.39 is 19.0 Å². The normalized spacial score (nSPS) is 11.8. The zero-order chi connectivity index (χ0) is 10.9. The van der Waals surface area contributed by atoms with Crippen LogP contribution in [0.3, 0.4) is 0 Å². The maximum atomic E-state index is 12.1. The van der Waals surface area contributed by atoms with E-state index in [1.54, 1.807) is 6.92 Å². The topological polar surface area (TPSA) is 34.9 Å². The highest BCUT2D eigenvalue weighted by molar-refractivity contribution is 6.57. The molecule has 1 heterocycles. The molecule has 0 radical (unpaired) electrons. The van der Waals surface area contributed by atoms with Gasteiger partial charge in [-0.25, -0.2) is 4.98 Å². The molecule has 0 atom stereocenters. The average Bonchev–Trinajstić information content (AvgIpc) is 1.95. The number of hydrogen-bond donors (Lipinski definition) is 0. The minimum atomic E-state index is -5.01. The molecule has 14 heavy (non-hydrogen) atoms. The molecule has 0 aromatic carbocycles. The lowest BCUT2D eigenvalue weighted by molar-refractivity contribution is 0.439. The Morgan fingerprint density at radius 2 is 2.00 bits per heavy atom. The van der Waals surface area contributed by atoms with Gasteiger partial charge in [-0.1, -0.05) is 0 Å². The summed E-state index contributed by atoms with van der Waals surface area (Å²) in [4.78, 5) is 15.0. The van der Waals surface area contributed by atoms with Crippen molar-refractivity contribution in [2.24, 2.45) is 0 Å². The first kappa shape index (κ1) is 10.8. The lowest BCUT2D eigenvalue weighted by atomic mass is 9.92. The molecule has 78 valence electrons. The molecule has 1 aromatic rings. The van der Waals surface area contributed by atoms with Gasteiger partial charge in [-0.2, -0.15) is 0 Å². The number of rotatable bonds is 2. The van der Waals surface area contributed by atoms with Crippen LogP contribution in [0.15, 0.2) is 10.9 Å². The zero-order valence-corrected chi connectivity index (χ0v) is 7.80. The van der Waals surface area contributed by atoms with Gasteiger partial charge in [0.1, 0.15) is 5.82 Å². The Balaban J connectivity index is 3.16. The van der Waals surface area contributed by atoms with Crippen molar-refractivity contribution < 1.29 is 12.9 Å². The van der Waals surface area contributed by atoms with Crippen molar-refractivity contribution >= 4 is 6.98 Å². The zero-order valence-electron chi connectivity index (χ0n) is 7.80. The largest absolute Gasteiger partial charge is 0.497 e. The average molecular weight is 205 g/mol. The number of nitrogens with zero attached hydrogens (tertiary/aromatic N) is 2. The highest BCUT2D eigenvalue weighted by Gasteiger charge is 2.24. The predicted molar refractivity (Wildman–Crippen MR) is 47.0 cm³/mol. The summed E-state index contributed by atoms with van der Waals surface area (Å²) >= 11 is 0. The van der Waals surface area contributed by atoms with Gasteiger partial charge in [0, 0.05) is 11.8 Å². The van der Waals surface area contributed by atoms with E-state index in [-0.39, 0.29) is 5.82 Å². The van der Waals surface area contributed by atoms with E-state index in [9.17, 15) is 17.7 Å². The van der Waals surface area contributed by atoms with E-state index in [4.69, 9.17) is 0 Å². The molecular weight excluding hydrogens is 196 g/mol. The molecule has 0 saturated heterocycles. The smallest absolute Gasteiger partial charge is 0.448 e. The van der Waals surface area contributed by atoms with Crippen molar-refractivity contribution in [2.75, 3.05) is 0 Å². The van der Waals surface area contributed by atoms with Gasteiger partial charge in [0.15, 0.2) is 0 Å². The Morgan fingerprint density at radius 3 is 2.43 bits per heavy atom. The number of hydrogen-bond acceptors (Lipinski definition) is 2. The fourth-order valence-electron chi connectivity index (χ4n) is 1.19. The Kier molecular flexibility index (Phi) is 2.68. The van der Waals surface area contributed by atoms with Crippen molar-refractivity contribution in [2.45, 2.75) is 20.3 Å². The third kappa shape index (κ3) is 2.61. The molecule has 0 bridgehead atoms. The van der Waals surface area contributed by atoms with Crippen molar-refractivity contribution in [3.63, 3.8) is 0 Å². The molecule has 0 unspecified atom stereocenters. The summed E-state index contributed by atoms with van der Waals surface area (Å²) in [5.41, 5.74) is -0.229. The summed E-state index contributed by atoms with van der Waals surface area (Å²) in [7, 11) is 0. The number of aryl methyl sites for hydroxylation is 2. The molecule has 1 aromatic heterocycles. The Hall–Kier alpha value is -1.27. The molecule has 0 fully saturated rings. The fraction of sp³-hybridized carbons (Fsp3) is 0.429. The van der Waals surface area contributed by atoms with Crippen molar-refractivity contribution in [3.05, 3.63) is 27.9 Å². The second-order valence-electron chi connectivity index (χ2n) is 3.10. The first-order valence-corrected chi connectivity index (χ1v) is 4.06. The summed E-state index contributed by atoms with van der Waals surface area (Å²) in [5, 5.41) is 0. The quantitative estimate of drug-likeness (QED) is 0.680. The van der Waals surface area contributed by atoms with E-state index in [0.29, 0.717) is 10.3 Å². The number of halogens is 3. The summed E-state index contributed by atoms with van der Waals surface area (Å²) in [6.45, 7) is -2.06. The number of aromatic nitrogens is 2. The summed E-state index contributed by atoms with van der Waals surface area (Å²) in [6, 6.07) is 1.09. The minimum Gasteiger partial charge on any atom is -0.448 e. The van der Waals surface area contributed by atoms with Gasteiger partial charge in [-0.3, -0.25) is 4.79 Å². The maximum Gasteiger partial charge on any atom is 0.497 e. The second-order valence-corrected chi connectivity index (χ2v) is 3.10. The van der Waals surface area contributed by atoms with E-state index in [0.717, 1.165) is 6.07 Å². The third-order valence-electron chi connectivity index (χ3n) is 1.72. The van der Waals surface area contributed by atoms with Crippen molar-refractivity contribution in [3.8, 4) is 0 Å². The van der Waals surface area contributed by atoms with E-state index in [1.165, 1.54) is 6.92 Å². The third-order valence-corrected chi connectivity index (χ3v) is 1.72. The van der Waals surface area contributed by atoms with Crippen LogP contribution in [0.5, 0.6) is 0 Å². The van der Waals surface area contributed by atoms with Gasteiger partial charge in [0.2, 0.25) is 0 Å². The standard InChI is InChI=1S/C7H9BF3N2O/c1-5-3-7(14)13(6(2)12-5)4-8(9,10)11/h3H,4H2,1-2H3/q-1. The van der Waals surface area contributed by atoms with Gasteiger partial charge in [-0.15, -0.1) is 0 Å². The fourth-order valence-corrected chi connectivity index (χ4v) is 1.19. The Morgan fingerprint density at radius 1 is 1.43 bits per heavy atom. The molecule has 0 amide bonds. The molecule has 0 aliphatic carbocycles. The van der Waals surface area contributed by atoms with Crippen LogP contribution >= 0.6 is 0 Å². The molecule has 7 heteroatoms. The molecular formula is C7H9BF3N2O-. The van der Waals surface area contributed by atoms with Crippen LogP contribution in [-0.2, 0) is 6.44 Å². The first-order chi connectivity index (χ1) is 6.29. The highest BCUT2D eigenvalue weighted by atomic mass is 19.4. The molecule has 0 aliphatic rings. The molecule has 0 N–H and O–H groups in total. The lowest BCUT2D eigenvalue weighted by Gasteiger charge is -2.17. The second kappa shape index (κ2) is 3.47. The van der Waals surface area contributed by atoms with Gasteiger partial charge >= 0.3 is 6.98 Å². The van der Waals surface area contributed by atoms with Gasteiger partial charge in [0.05, 0.1) is 0 Å². The van der Waals surface area contributed by atoms with E-state index >= 15 is 0 Å². The summed E-state index contributed by atoms with van der Waals surface area (Å²) < 4.78 is 36.9. The Bertz CT molecular complexity index is 399.